The van der Waals surface area contributed by atoms with Gasteiger partial charge in [0.2, 0.25) is 11.5 Å². The van der Waals surface area contributed by atoms with Gasteiger partial charge in [0, 0.05) is 5.92 Å². The number of carboxylic acid groups (broad SMARTS) is 1. The van der Waals surface area contributed by atoms with Crippen LogP contribution in [0.3, 0.4) is 0 Å². The number of fused-ring (bicyclic) bond motifs is 1. The van der Waals surface area contributed by atoms with Crippen LogP contribution in [-0.4, -0.2) is 32.3 Å². The van der Waals surface area contributed by atoms with Crippen molar-refractivity contribution in [3.05, 3.63) is 59.1 Å². The Hall–Kier alpha value is -4.59. The Morgan fingerprint density at radius 1 is 1.18 bits per heavy atom. The number of carbonyl (C=O) groups excluding carboxylic acids is 1. The fourth-order valence-corrected chi connectivity index (χ4v) is 3.35. The minimum Gasteiger partial charge on any atom is -0.480 e. The number of aryl methyl sites for hydroxylation is 1. The van der Waals surface area contributed by atoms with Gasteiger partial charge in [0.25, 0.3) is 5.89 Å². The molecule has 1 aromatic carbocycles. The molecule has 0 aliphatic heterocycles. The molecule has 3 aromatic heterocycles. The lowest BCUT2D eigenvalue weighted by Crippen LogP contribution is -2.19. The minimum absolute atomic E-state index is 0.0139. The van der Waals surface area contributed by atoms with Crippen molar-refractivity contribution in [1.82, 2.24) is 15.1 Å². The van der Waals surface area contributed by atoms with E-state index in [1.165, 1.54) is 0 Å². The number of anilines is 1. The maximum Gasteiger partial charge on any atom is 0.412 e. The van der Waals surface area contributed by atoms with Gasteiger partial charge in [0.15, 0.2) is 11.5 Å². The number of amides is 1. The maximum absolute atomic E-state index is 12.4. The number of oxazole rings is 2. The predicted octanol–water partition coefficient (Wildman–Crippen LogP) is 3.94. The highest BCUT2D eigenvalue weighted by Gasteiger charge is 2.56. The summed E-state index contributed by atoms with van der Waals surface area (Å²) in [7, 11) is 0. The van der Waals surface area contributed by atoms with Gasteiger partial charge in [0.05, 0.1) is 0 Å². The topological polar surface area (TPSA) is 154 Å². The summed E-state index contributed by atoms with van der Waals surface area (Å²) in [6, 6.07) is 9.31. The first-order chi connectivity index (χ1) is 16.4. The number of rotatable bonds is 5. The molecule has 1 atom stereocenters. The number of nitrogens with one attached hydrogen (secondary N) is 1. The Morgan fingerprint density at radius 2 is 1.94 bits per heavy atom. The number of hydrogen-bond donors (Lipinski definition) is 2. The summed E-state index contributed by atoms with van der Waals surface area (Å²) >= 11 is 0. The van der Waals surface area contributed by atoms with Crippen molar-refractivity contribution < 1.29 is 32.8 Å². The SMILES string of the molecule is Cc1onc(C#Cc2nc3nc(C4(C(=O)O)CC4)oc3o2)c1NC(=O)OC(C)c1ccccc1. The fourth-order valence-electron chi connectivity index (χ4n) is 3.35. The van der Waals surface area contributed by atoms with Gasteiger partial charge >= 0.3 is 17.8 Å². The van der Waals surface area contributed by atoms with Crippen LogP contribution in [-0.2, 0) is 14.9 Å². The van der Waals surface area contributed by atoms with E-state index in [-0.39, 0.29) is 34.6 Å². The average Bonchev–Trinajstić information content (AvgIpc) is 3.26. The molecule has 1 fully saturated rings. The van der Waals surface area contributed by atoms with E-state index in [2.05, 4.69) is 32.3 Å². The van der Waals surface area contributed by atoms with E-state index in [9.17, 15) is 14.7 Å². The molecule has 1 amide bonds. The van der Waals surface area contributed by atoms with Crippen LogP contribution in [0.1, 0.15) is 54.7 Å². The lowest BCUT2D eigenvalue weighted by molar-refractivity contribution is -0.140. The van der Waals surface area contributed by atoms with Crippen LogP contribution in [0, 0.1) is 18.8 Å². The Balaban J connectivity index is 1.30. The molecule has 0 bridgehead atoms. The predicted molar refractivity (Wildman–Crippen MR) is 115 cm³/mol. The third kappa shape index (κ3) is 3.86. The smallest absolute Gasteiger partial charge is 0.412 e. The van der Waals surface area contributed by atoms with Gasteiger partial charge in [-0.2, -0.15) is 9.97 Å². The molecule has 1 unspecified atom stereocenters. The maximum atomic E-state index is 12.4. The third-order valence-electron chi connectivity index (χ3n) is 5.48. The number of carbonyl (C=O) groups is 2. The molecule has 0 spiro atoms. The zero-order valence-electron chi connectivity index (χ0n) is 18.1. The second-order valence-electron chi connectivity index (χ2n) is 7.83. The lowest BCUT2D eigenvalue weighted by Gasteiger charge is -2.13. The monoisotopic (exact) mass is 462 g/mol. The number of benzene rings is 1. The largest absolute Gasteiger partial charge is 0.480 e. The van der Waals surface area contributed by atoms with Gasteiger partial charge in [-0.3, -0.25) is 10.1 Å². The highest BCUT2D eigenvalue weighted by molar-refractivity contribution is 5.87. The average molecular weight is 462 g/mol. The van der Waals surface area contributed by atoms with Gasteiger partial charge < -0.3 is 23.2 Å². The molecule has 1 aliphatic rings. The normalized spacial score (nSPS) is 14.8. The van der Waals surface area contributed by atoms with Crippen molar-refractivity contribution in [3.63, 3.8) is 0 Å². The molecule has 11 heteroatoms. The Kier molecular flexibility index (Phi) is 5.05. The van der Waals surface area contributed by atoms with Crippen molar-refractivity contribution in [3.8, 4) is 11.8 Å². The van der Waals surface area contributed by atoms with Crippen molar-refractivity contribution in [1.29, 1.82) is 0 Å². The third-order valence-corrected chi connectivity index (χ3v) is 5.48. The molecule has 2 N–H and O–H groups in total. The van der Waals surface area contributed by atoms with E-state index >= 15 is 0 Å². The molecule has 34 heavy (non-hydrogen) atoms. The molecule has 0 radical (unpaired) electrons. The zero-order chi connectivity index (χ0) is 23.9. The van der Waals surface area contributed by atoms with E-state index < -0.39 is 23.6 Å². The fraction of sp³-hybridized carbons (Fsp3) is 0.261. The quantitative estimate of drug-likeness (QED) is 0.417. The standard InChI is InChI=1S/C23H18N4O7/c1-12(14-6-4-3-5-7-14)31-22(30)25-17-13(2)34-27-15(17)8-9-16-24-18-19(32-16)33-20(26-18)23(10-11-23)21(28)29/h3-7,12H,10-11H2,1-2H3,(H,25,30)(H,28,29). The number of ether oxygens (including phenoxy) is 1. The minimum atomic E-state index is -1.10. The number of aromatic nitrogens is 3. The molecule has 4 aromatic rings. The molecule has 0 saturated heterocycles. The molecular formula is C23H18N4O7. The summed E-state index contributed by atoms with van der Waals surface area (Å²) in [4.78, 5) is 32.0. The molecular weight excluding hydrogens is 444 g/mol. The second-order valence-corrected chi connectivity index (χ2v) is 7.83. The molecule has 1 aliphatic carbocycles. The van der Waals surface area contributed by atoms with Crippen LogP contribution in [0.5, 0.6) is 0 Å². The van der Waals surface area contributed by atoms with Crippen LogP contribution < -0.4 is 5.32 Å². The van der Waals surface area contributed by atoms with Gasteiger partial charge in [-0.1, -0.05) is 35.5 Å². The van der Waals surface area contributed by atoms with Crippen LogP contribution in [0.15, 0.2) is 43.7 Å². The summed E-state index contributed by atoms with van der Waals surface area (Å²) in [6.07, 6.45) is -0.256. The van der Waals surface area contributed by atoms with E-state index in [1.807, 2.05) is 30.3 Å². The molecule has 3 heterocycles. The van der Waals surface area contributed by atoms with Crippen LogP contribution in [0.4, 0.5) is 10.5 Å². The van der Waals surface area contributed by atoms with Gasteiger partial charge in [-0.15, -0.1) is 0 Å². The van der Waals surface area contributed by atoms with Crippen LogP contribution in [0.25, 0.3) is 11.4 Å². The Morgan fingerprint density at radius 3 is 2.62 bits per heavy atom. The summed E-state index contributed by atoms with van der Waals surface area (Å²) in [5, 5.41) is 15.8. The Labute approximate surface area is 192 Å². The molecule has 11 nitrogen and oxygen atoms in total. The van der Waals surface area contributed by atoms with E-state index in [1.54, 1.807) is 13.8 Å². The van der Waals surface area contributed by atoms with Gasteiger partial charge in [-0.25, -0.2) is 4.79 Å². The number of aliphatic carboxylic acids is 1. The van der Waals surface area contributed by atoms with Gasteiger partial charge in [-0.05, 0) is 38.2 Å². The summed E-state index contributed by atoms with van der Waals surface area (Å²) in [6.45, 7) is 3.38. The summed E-state index contributed by atoms with van der Waals surface area (Å²) in [5.41, 5.74) is 0.278. The van der Waals surface area contributed by atoms with E-state index in [0.717, 1.165) is 5.56 Å². The first kappa shape index (κ1) is 21.3. The highest BCUT2D eigenvalue weighted by Crippen LogP contribution is 2.48. The van der Waals surface area contributed by atoms with Crippen molar-refractivity contribution >= 4 is 29.2 Å². The Bertz CT molecular complexity index is 1420. The molecule has 172 valence electrons. The van der Waals surface area contributed by atoms with Crippen molar-refractivity contribution in [2.45, 2.75) is 38.2 Å². The van der Waals surface area contributed by atoms with E-state index in [0.29, 0.717) is 18.6 Å². The highest BCUT2D eigenvalue weighted by atomic mass is 16.6. The summed E-state index contributed by atoms with van der Waals surface area (Å²) in [5.74, 6) is 4.78. The van der Waals surface area contributed by atoms with Crippen LogP contribution >= 0.6 is 0 Å². The number of nitrogens with zero attached hydrogens (tertiary/aromatic N) is 3. The second kappa shape index (κ2) is 8.08. The number of carboxylic acids is 1. The lowest BCUT2D eigenvalue weighted by atomic mass is 10.1. The van der Waals surface area contributed by atoms with E-state index in [4.69, 9.17) is 18.1 Å². The van der Waals surface area contributed by atoms with Crippen LogP contribution in [0.2, 0.25) is 0 Å². The molecule has 5 rings (SSSR count). The number of hydrogen-bond acceptors (Lipinski definition) is 9. The first-order valence-corrected chi connectivity index (χ1v) is 10.4. The van der Waals surface area contributed by atoms with Crippen molar-refractivity contribution in [2.75, 3.05) is 5.32 Å². The first-order valence-electron chi connectivity index (χ1n) is 10.4. The molecule has 1 saturated carbocycles. The van der Waals surface area contributed by atoms with Gasteiger partial charge in [0.1, 0.15) is 17.2 Å². The zero-order valence-corrected chi connectivity index (χ0v) is 18.1. The van der Waals surface area contributed by atoms with Crippen molar-refractivity contribution in [2.24, 2.45) is 0 Å². The summed E-state index contributed by atoms with van der Waals surface area (Å²) < 4.78 is 21.4.